The van der Waals surface area contributed by atoms with Crippen LogP contribution in [-0.4, -0.2) is 29.0 Å². The molecule has 1 rings (SSSR count). The van der Waals surface area contributed by atoms with Crippen molar-refractivity contribution in [1.29, 1.82) is 0 Å². The van der Waals surface area contributed by atoms with Crippen LogP contribution in [0.1, 0.15) is 18.9 Å². The van der Waals surface area contributed by atoms with Crippen LogP contribution in [0.25, 0.3) is 0 Å². The van der Waals surface area contributed by atoms with Crippen molar-refractivity contribution in [1.82, 2.24) is 0 Å². The molecular weight excluding hydrogens is 206 g/mol. The summed E-state index contributed by atoms with van der Waals surface area (Å²) in [6.45, 7) is 2.30. The fourth-order valence-electron chi connectivity index (χ4n) is 1.22. The van der Waals surface area contributed by atoms with Gasteiger partial charge in [0.15, 0.2) is 0 Å². The fraction of sp³-hybridized carbons (Fsp3) is 0.500. The van der Waals surface area contributed by atoms with Gasteiger partial charge in [0.2, 0.25) is 0 Å². The smallest absolute Gasteiger partial charge is 0.119 e. The van der Waals surface area contributed by atoms with E-state index in [-0.39, 0.29) is 13.2 Å². The summed E-state index contributed by atoms with van der Waals surface area (Å²) in [5, 5.41) is 18.6. The molecule has 1 unspecified atom stereocenters. The number of hydrogen-bond donors (Lipinski definition) is 3. The minimum Gasteiger partial charge on any atom is -0.493 e. The Kier molecular flexibility index (Phi) is 4.73. The minimum absolute atomic E-state index is 0.00227. The SMILES string of the molecule is CC(O)(CN)CCOc1cccc(CO)c1. The number of hydrogen-bond acceptors (Lipinski definition) is 4. The third-order valence-electron chi connectivity index (χ3n) is 2.43. The molecule has 1 aromatic carbocycles. The summed E-state index contributed by atoms with van der Waals surface area (Å²) >= 11 is 0. The lowest BCUT2D eigenvalue weighted by atomic mass is 10.0. The summed E-state index contributed by atoms with van der Waals surface area (Å²) in [6, 6.07) is 7.23. The van der Waals surface area contributed by atoms with Crippen LogP contribution in [0.4, 0.5) is 0 Å². The van der Waals surface area contributed by atoms with Crippen LogP contribution in [0.15, 0.2) is 24.3 Å². The van der Waals surface area contributed by atoms with E-state index in [1.807, 2.05) is 18.2 Å². The van der Waals surface area contributed by atoms with Crippen molar-refractivity contribution in [2.75, 3.05) is 13.2 Å². The van der Waals surface area contributed by atoms with Crippen molar-refractivity contribution in [2.24, 2.45) is 5.73 Å². The second kappa shape index (κ2) is 5.84. The molecule has 0 aliphatic rings. The Labute approximate surface area is 95.7 Å². The molecular formula is C12H19NO3. The first-order chi connectivity index (χ1) is 7.57. The maximum Gasteiger partial charge on any atom is 0.119 e. The molecule has 0 aliphatic heterocycles. The van der Waals surface area contributed by atoms with E-state index in [2.05, 4.69) is 0 Å². The van der Waals surface area contributed by atoms with Crippen molar-refractivity contribution in [2.45, 2.75) is 25.6 Å². The van der Waals surface area contributed by atoms with Crippen molar-refractivity contribution in [3.63, 3.8) is 0 Å². The highest BCUT2D eigenvalue weighted by molar-refractivity contribution is 5.27. The zero-order valence-electron chi connectivity index (χ0n) is 9.52. The van der Waals surface area contributed by atoms with Crippen LogP contribution in [0, 0.1) is 0 Å². The molecule has 16 heavy (non-hydrogen) atoms. The predicted molar refractivity (Wildman–Crippen MR) is 62.2 cm³/mol. The van der Waals surface area contributed by atoms with Crippen LogP contribution in [0.5, 0.6) is 5.75 Å². The van der Waals surface area contributed by atoms with Gasteiger partial charge in [0.25, 0.3) is 0 Å². The van der Waals surface area contributed by atoms with E-state index in [1.54, 1.807) is 13.0 Å². The second-order valence-electron chi connectivity index (χ2n) is 4.11. The summed E-state index contributed by atoms with van der Waals surface area (Å²) in [4.78, 5) is 0. The first kappa shape index (κ1) is 13.0. The molecule has 0 aromatic heterocycles. The maximum atomic E-state index is 9.66. The van der Waals surface area contributed by atoms with Gasteiger partial charge in [0, 0.05) is 13.0 Å². The average molecular weight is 225 g/mol. The van der Waals surface area contributed by atoms with Gasteiger partial charge >= 0.3 is 0 Å². The van der Waals surface area contributed by atoms with E-state index >= 15 is 0 Å². The summed E-state index contributed by atoms with van der Waals surface area (Å²) in [5.74, 6) is 0.694. The quantitative estimate of drug-likeness (QED) is 0.664. The molecule has 0 radical (unpaired) electrons. The Morgan fingerprint density at radius 2 is 2.19 bits per heavy atom. The molecule has 4 nitrogen and oxygen atoms in total. The monoisotopic (exact) mass is 225 g/mol. The second-order valence-corrected chi connectivity index (χ2v) is 4.11. The first-order valence-electron chi connectivity index (χ1n) is 5.32. The van der Waals surface area contributed by atoms with Crippen LogP contribution in [0.2, 0.25) is 0 Å². The van der Waals surface area contributed by atoms with Gasteiger partial charge in [-0.05, 0) is 24.6 Å². The number of rotatable bonds is 6. The molecule has 0 saturated heterocycles. The van der Waals surface area contributed by atoms with Gasteiger partial charge in [-0.1, -0.05) is 12.1 Å². The van der Waals surface area contributed by atoms with Crippen LogP contribution in [0.3, 0.4) is 0 Å². The van der Waals surface area contributed by atoms with Crippen LogP contribution in [-0.2, 0) is 6.61 Å². The molecule has 0 bridgehead atoms. The topological polar surface area (TPSA) is 75.7 Å². The highest BCUT2D eigenvalue weighted by atomic mass is 16.5. The van der Waals surface area contributed by atoms with Gasteiger partial charge in [-0.25, -0.2) is 0 Å². The zero-order chi connectivity index (χ0) is 12.0. The van der Waals surface area contributed by atoms with E-state index in [0.29, 0.717) is 18.8 Å². The maximum absolute atomic E-state index is 9.66. The molecule has 4 heteroatoms. The summed E-state index contributed by atoms with van der Waals surface area (Å²) in [5.41, 5.74) is 5.32. The largest absolute Gasteiger partial charge is 0.493 e. The minimum atomic E-state index is -0.880. The first-order valence-corrected chi connectivity index (χ1v) is 5.32. The van der Waals surface area contributed by atoms with Crippen molar-refractivity contribution in [3.8, 4) is 5.75 Å². The standard InChI is InChI=1S/C12H19NO3/c1-12(15,9-13)5-6-16-11-4-2-3-10(7-11)8-14/h2-4,7,14-15H,5-6,8-9,13H2,1H3. The third kappa shape index (κ3) is 4.18. The molecule has 1 atom stereocenters. The third-order valence-corrected chi connectivity index (χ3v) is 2.43. The summed E-state index contributed by atoms with van der Waals surface area (Å²) < 4.78 is 5.46. The molecule has 0 spiro atoms. The van der Waals surface area contributed by atoms with Crippen molar-refractivity contribution >= 4 is 0 Å². The number of aliphatic hydroxyl groups excluding tert-OH is 1. The molecule has 0 heterocycles. The lowest BCUT2D eigenvalue weighted by Gasteiger charge is -2.20. The van der Waals surface area contributed by atoms with E-state index < -0.39 is 5.60 Å². The summed E-state index contributed by atoms with van der Waals surface area (Å²) in [6.07, 6.45) is 0.479. The summed E-state index contributed by atoms with van der Waals surface area (Å²) in [7, 11) is 0. The van der Waals surface area contributed by atoms with Gasteiger partial charge in [-0.3, -0.25) is 0 Å². The number of aliphatic hydroxyl groups is 2. The van der Waals surface area contributed by atoms with Gasteiger partial charge in [-0.2, -0.15) is 0 Å². The fourth-order valence-corrected chi connectivity index (χ4v) is 1.22. The van der Waals surface area contributed by atoms with Gasteiger partial charge in [-0.15, -0.1) is 0 Å². The van der Waals surface area contributed by atoms with Crippen LogP contribution < -0.4 is 10.5 Å². The molecule has 0 aliphatic carbocycles. The zero-order valence-corrected chi connectivity index (χ0v) is 9.52. The Balaban J connectivity index is 2.42. The van der Waals surface area contributed by atoms with E-state index in [4.69, 9.17) is 15.6 Å². The number of benzene rings is 1. The Hall–Kier alpha value is -1.10. The highest BCUT2D eigenvalue weighted by Crippen LogP contribution is 2.15. The molecule has 4 N–H and O–H groups in total. The molecule has 90 valence electrons. The van der Waals surface area contributed by atoms with Crippen molar-refractivity contribution < 1.29 is 14.9 Å². The van der Waals surface area contributed by atoms with Crippen LogP contribution >= 0.6 is 0 Å². The molecule has 1 aromatic rings. The Bertz CT molecular complexity index is 326. The number of nitrogens with two attached hydrogens (primary N) is 1. The van der Waals surface area contributed by atoms with Gasteiger partial charge < -0.3 is 20.7 Å². The van der Waals surface area contributed by atoms with Gasteiger partial charge in [0.05, 0.1) is 18.8 Å². The lowest BCUT2D eigenvalue weighted by Crippen LogP contribution is -2.35. The van der Waals surface area contributed by atoms with Gasteiger partial charge in [0.1, 0.15) is 5.75 Å². The highest BCUT2D eigenvalue weighted by Gasteiger charge is 2.17. The van der Waals surface area contributed by atoms with E-state index in [1.165, 1.54) is 0 Å². The average Bonchev–Trinajstić information content (AvgIpc) is 2.29. The van der Waals surface area contributed by atoms with E-state index in [9.17, 15) is 5.11 Å². The van der Waals surface area contributed by atoms with E-state index in [0.717, 1.165) is 5.56 Å². The lowest BCUT2D eigenvalue weighted by molar-refractivity contribution is 0.0453. The molecule has 0 amide bonds. The molecule has 0 fully saturated rings. The number of ether oxygens (including phenoxy) is 1. The normalized spacial score (nSPS) is 14.5. The Morgan fingerprint density at radius 1 is 1.44 bits per heavy atom. The predicted octanol–water partition coefficient (Wildman–Crippen LogP) is 0.657. The molecule has 0 saturated carbocycles. The Morgan fingerprint density at radius 3 is 2.81 bits per heavy atom. The van der Waals surface area contributed by atoms with Crippen molar-refractivity contribution in [3.05, 3.63) is 29.8 Å².